The van der Waals surface area contributed by atoms with Crippen molar-refractivity contribution in [1.29, 1.82) is 0 Å². The molecule has 35 heavy (non-hydrogen) atoms. The van der Waals surface area contributed by atoms with Crippen LogP contribution in [0.2, 0.25) is 0 Å². The van der Waals surface area contributed by atoms with Crippen LogP contribution in [0.3, 0.4) is 0 Å². The molecule has 5 heterocycles. The van der Waals surface area contributed by atoms with E-state index in [1.165, 1.54) is 12.0 Å². The Morgan fingerprint density at radius 2 is 1.71 bits per heavy atom. The first-order valence-corrected chi connectivity index (χ1v) is 12.9. The molecule has 0 spiro atoms. The van der Waals surface area contributed by atoms with E-state index in [2.05, 4.69) is 43.0 Å². The Hall–Kier alpha value is -2.88. The van der Waals surface area contributed by atoms with Gasteiger partial charge in [-0.15, -0.1) is 0 Å². The number of hydrogen-bond donors (Lipinski definition) is 2. The quantitative estimate of drug-likeness (QED) is 0.532. The summed E-state index contributed by atoms with van der Waals surface area (Å²) in [6.07, 6.45) is 6.62. The molecule has 3 aromatic rings. The second-order valence-corrected chi connectivity index (χ2v) is 9.61. The number of aliphatic hydroxyl groups is 1. The molecule has 1 atom stereocenters. The number of anilines is 3. The third-order valence-corrected chi connectivity index (χ3v) is 7.03. The van der Waals surface area contributed by atoms with Crippen molar-refractivity contribution in [1.82, 2.24) is 29.7 Å². The van der Waals surface area contributed by atoms with Gasteiger partial charge in [-0.25, -0.2) is 19.9 Å². The van der Waals surface area contributed by atoms with E-state index in [-0.39, 0.29) is 0 Å². The molecule has 186 valence electrons. The Balaban J connectivity index is 1.32. The summed E-state index contributed by atoms with van der Waals surface area (Å²) in [7, 11) is 0. The highest BCUT2D eigenvalue weighted by molar-refractivity contribution is 5.89. The van der Waals surface area contributed by atoms with E-state index in [1.54, 1.807) is 13.1 Å². The SMILES string of the molecule is CCN1CCN(Cc2ccc(Nc3ncc4cc([C@@H](C)O)nc(N5CCCCC5)c4n3)nc2)CC1. The number of pyridine rings is 2. The average Bonchev–Trinajstić information content (AvgIpc) is 2.90. The molecule has 0 amide bonds. The van der Waals surface area contributed by atoms with Gasteiger partial charge in [0, 0.05) is 63.6 Å². The molecule has 0 saturated carbocycles. The molecule has 0 aliphatic carbocycles. The third kappa shape index (κ3) is 5.69. The van der Waals surface area contributed by atoms with E-state index >= 15 is 0 Å². The smallest absolute Gasteiger partial charge is 0.229 e. The highest BCUT2D eigenvalue weighted by atomic mass is 16.3. The van der Waals surface area contributed by atoms with Crippen molar-refractivity contribution in [3.8, 4) is 0 Å². The first-order valence-electron chi connectivity index (χ1n) is 12.9. The Morgan fingerprint density at radius 1 is 0.943 bits per heavy atom. The van der Waals surface area contributed by atoms with Gasteiger partial charge in [0.25, 0.3) is 0 Å². The van der Waals surface area contributed by atoms with Crippen molar-refractivity contribution in [2.45, 2.75) is 45.8 Å². The summed E-state index contributed by atoms with van der Waals surface area (Å²) in [5.74, 6) is 2.05. The first-order chi connectivity index (χ1) is 17.1. The maximum absolute atomic E-state index is 10.2. The van der Waals surface area contributed by atoms with Crippen molar-refractivity contribution in [2.75, 3.05) is 56.0 Å². The first kappa shape index (κ1) is 23.8. The van der Waals surface area contributed by atoms with Crippen LogP contribution in [0.1, 0.15) is 50.5 Å². The zero-order valence-electron chi connectivity index (χ0n) is 20.8. The normalized spacial score (nSPS) is 18.7. The lowest BCUT2D eigenvalue weighted by atomic mass is 10.1. The van der Waals surface area contributed by atoms with Crippen molar-refractivity contribution in [3.63, 3.8) is 0 Å². The van der Waals surface area contributed by atoms with Crippen LogP contribution in [0, 0.1) is 0 Å². The van der Waals surface area contributed by atoms with Gasteiger partial charge in [-0.05, 0) is 50.4 Å². The number of aromatic nitrogens is 4. The van der Waals surface area contributed by atoms with Crippen LogP contribution in [0.4, 0.5) is 17.6 Å². The topological polar surface area (TPSA) is 93.5 Å². The van der Waals surface area contributed by atoms with E-state index in [0.29, 0.717) is 11.6 Å². The monoisotopic (exact) mass is 476 g/mol. The number of fused-ring (bicyclic) bond motifs is 1. The summed E-state index contributed by atoms with van der Waals surface area (Å²) in [6.45, 7) is 12.4. The van der Waals surface area contributed by atoms with Crippen LogP contribution in [0.5, 0.6) is 0 Å². The summed E-state index contributed by atoms with van der Waals surface area (Å²) in [4.78, 5) is 26.0. The highest BCUT2D eigenvalue weighted by Gasteiger charge is 2.20. The molecule has 2 aliphatic rings. The Morgan fingerprint density at radius 3 is 2.40 bits per heavy atom. The fraction of sp³-hybridized carbons (Fsp3) is 0.538. The molecule has 9 heteroatoms. The molecule has 2 N–H and O–H groups in total. The summed E-state index contributed by atoms with van der Waals surface area (Å²) in [5, 5.41) is 14.3. The fourth-order valence-corrected chi connectivity index (χ4v) is 4.87. The largest absolute Gasteiger partial charge is 0.387 e. The molecule has 2 saturated heterocycles. The van der Waals surface area contributed by atoms with Gasteiger partial charge in [-0.1, -0.05) is 13.0 Å². The van der Waals surface area contributed by atoms with Gasteiger partial charge in [0.15, 0.2) is 5.82 Å². The van der Waals surface area contributed by atoms with Crippen molar-refractivity contribution >= 4 is 28.5 Å². The van der Waals surface area contributed by atoms with Crippen LogP contribution < -0.4 is 10.2 Å². The maximum Gasteiger partial charge on any atom is 0.229 e. The lowest BCUT2D eigenvalue weighted by Gasteiger charge is -2.33. The lowest BCUT2D eigenvalue weighted by Crippen LogP contribution is -2.45. The standard InChI is InChI=1S/C26H36N8O/c1-3-32-11-13-33(14-12-32)18-20-7-8-23(27-16-20)30-26-28-17-21-15-22(19(2)35)29-25(24(21)31-26)34-9-5-4-6-10-34/h7-8,15-17,19,35H,3-6,9-14,18H2,1-2H3,(H,27,28,30,31)/t19-/m1/s1. The summed E-state index contributed by atoms with van der Waals surface area (Å²) >= 11 is 0. The van der Waals surface area contributed by atoms with Crippen LogP contribution in [0.25, 0.3) is 10.9 Å². The number of rotatable bonds is 7. The molecule has 9 nitrogen and oxygen atoms in total. The van der Waals surface area contributed by atoms with Gasteiger partial charge < -0.3 is 20.2 Å². The second-order valence-electron chi connectivity index (χ2n) is 9.61. The predicted octanol–water partition coefficient (Wildman–Crippen LogP) is 3.34. The number of nitrogens with one attached hydrogen (secondary N) is 1. The maximum atomic E-state index is 10.2. The number of piperidine rings is 1. The average molecular weight is 477 g/mol. The zero-order chi connectivity index (χ0) is 24.2. The molecular formula is C26H36N8O. The number of piperazine rings is 1. The van der Waals surface area contributed by atoms with Crippen LogP contribution in [-0.2, 0) is 6.54 Å². The van der Waals surface area contributed by atoms with E-state index in [1.807, 2.05) is 18.3 Å². The van der Waals surface area contributed by atoms with Gasteiger partial charge >= 0.3 is 0 Å². The van der Waals surface area contributed by atoms with E-state index in [0.717, 1.165) is 87.7 Å². The molecule has 0 bridgehead atoms. The summed E-state index contributed by atoms with van der Waals surface area (Å²) in [5.41, 5.74) is 2.66. The van der Waals surface area contributed by atoms with Gasteiger partial charge in [0.1, 0.15) is 11.3 Å². The highest BCUT2D eigenvalue weighted by Crippen LogP contribution is 2.29. The molecule has 2 aliphatic heterocycles. The summed E-state index contributed by atoms with van der Waals surface area (Å²) in [6, 6.07) is 5.99. The van der Waals surface area contributed by atoms with Crippen molar-refractivity contribution in [3.05, 3.63) is 41.9 Å². The number of hydrogen-bond acceptors (Lipinski definition) is 9. The fourth-order valence-electron chi connectivity index (χ4n) is 4.87. The molecule has 2 fully saturated rings. The molecule has 5 rings (SSSR count). The molecule has 0 radical (unpaired) electrons. The van der Waals surface area contributed by atoms with Crippen molar-refractivity contribution in [2.24, 2.45) is 0 Å². The molecule has 0 aromatic carbocycles. The van der Waals surface area contributed by atoms with Gasteiger partial charge in [0.2, 0.25) is 5.95 Å². The Labute approximate surface area is 207 Å². The van der Waals surface area contributed by atoms with Crippen LogP contribution >= 0.6 is 0 Å². The molecule has 3 aromatic heterocycles. The Bertz CT molecular complexity index is 1120. The predicted molar refractivity (Wildman–Crippen MR) is 139 cm³/mol. The number of nitrogens with zero attached hydrogens (tertiary/aromatic N) is 7. The molecule has 0 unspecified atom stereocenters. The third-order valence-electron chi connectivity index (χ3n) is 7.03. The van der Waals surface area contributed by atoms with Gasteiger partial charge in [0.05, 0.1) is 11.8 Å². The van der Waals surface area contributed by atoms with Crippen molar-refractivity contribution < 1.29 is 5.11 Å². The second kappa shape index (κ2) is 10.8. The van der Waals surface area contributed by atoms with Crippen LogP contribution in [-0.4, -0.2) is 80.7 Å². The number of aliphatic hydroxyl groups excluding tert-OH is 1. The minimum atomic E-state index is -0.640. The van der Waals surface area contributed by atoms with E-state index < -0.39 is 6.10 Å². The number of likely N-dealkylation sites (N-methyl/N-ethyl adjacent to an activating group) is 1. The minimum Gasteiger partial charge on any atom is -0.387 e. The van der Waals surface area contributed by atoms with E-state index in [9.17, 15) is 5.11 Å². The van der Waals surface area contributed by atoms with E-state index in [4.69, 9.17) is 9.97 Å². The van der Waals surface area contributed by atoms with Gasteiger partial charge in [-0.2, -0.15) is 0 Å². The summed E-state index contributed by atoms with van der Waals surface area (Å²) < 4.78 is 0. The Kier molecular flexibility index (Phi) is 7.36. The van der Waals surface area contributed by atoms with Crippen LogP contribution in [0.15, 0.2) is 30.6 Å². The lowest BCUT2D eigenvalue weighted by molar-refractivity contribution is 0.132. The zero-order valence-corrected chi connectivity index (χ0v) is 20.8. The molecular weight excluding hydrogens is 440 g/mol. The van der Waals surface area contributed by atoms with Gasteiger partial charge in [-0.3, -0.25) is 4.90 Å². The minimum absolute atomic E-state index is 0.498.